The number of nitrogens with zero attached hydrogens (tertiary/aromatic N) is 2. The van der Waals surface area contributed by atoms with E-state index >= 15 is 0 Å². The van der Waals surface area contributed by atoms with Gasteiger partial charge in [-0.1, -0.05) is 150 Å². The van der Waals surface area contributed by atoms with E-state index < -0.39 is 0 Å². The highest BCUT2D eigenvalue weighted by atomic mass is 33.1. The summed E-state index contributed by atoms with van der Waals surface area (Å²) in [7, 11) is 3.91. The Hall–Kier alpha value is -0.440. The lowest BCUT2D eigenvalue weighted by molar-refractivity contribution is -0.923. The molecule has 358 valence electrons. The predicted octanol–water partition coefficient (Wildman–Crippen LogP) is 14.8. The summed E-state index contributed by atoms with van der Waals surface area (Å²) < 4.78 is 2.61. The maximum atomic E-state index is 12.2. The smallest absolute Gasteiger partial charge is 0.219 e. The van der Waals surface area contributed by atoms with E-state index in [2.05, 4.69) is 52.2 Å². The number of quaternary nitrogens is 2. The number of nitrogens with one attached hydrogen (secondary N) is 2. The van der Waals surface area contributed by atoms with Gasteiger partial charge < -0.3 is 19.6 Å². The van der Waals surface area contributed by atoms with Gasteiger partial charge in [-0.05, 0) is 106 Å². The molecule has 0 aromatic rings. The van der Waals surface area contributed by atoms with Crippen molar-refractivity contribution in [3.05, 3.63) is 0 Å². The molecule has 0 spiro atoms. The fourth-order valence-corrected chi connectivity index (χ4v) is 11.3. The third-order valence-corrected chi connectivity index (χ3v) is 16.7. The molecule has 0 aromatic heterocycles. The zero-order valence-corrected chi connectivity index (χ0v) is 43.3. The van der Waals surface area contributed by atoms with Gasteiger partial charge in [-0.2, -0.15) is 0 Å². The molecule has 0 unspecified atom stereocenters. The Morgan fingerprint density at radius 2 is 0.550 bits per heavy atom. The predicted molar refractivity (Wildman–Crippen MR) is 272 cm³/mol. The van der Waals surface area contributed by atoms with Gasteiger partial charge in [-0.3, -0.25) is 9.59 Å². The van der Waals surface area contributed by atoms with Crippen LogP contribution in [0.25, 0.3) is 0 Å². The minimum atomic E-state index is 0.239. The number of carbonyl (C=O) groups excluding carboxylic acids is 2. The first kappa shape index (κ1) is 59.6. The summed E-state index contributed by atoms with van der Waals surface area (Å²) in [5.41, 5.74) is 0. The van der Waals surface area contributed by atoms with Crippen LogP contribution in [0, 0.1) is 0 Å². The number of carbonyl (C=O) groups is 2. The lowest BCUT2D eigenvalue weighted by atomic mass is 10.0. The average molecular weight is 886 g/mol. The van der Waals surface area contributed by atoms with E-state index in [1.165, 1.54) is 215 Å². The van der Waals surface area contributed by atoms with Crippen LogP contribution in [-0.4, -0.2) is 97.7 Å². The van der Waals surface area contributed by atoms with Crippen molar-refractivity contribution in [3.63, 3.8) is 0 Å². The van der Waals surface area contributed by atoms with E-state index in [-0.39, 0.29) is 11.8 Å². The van der Waals surface area contributed by atoms with Crippen LogP contribution in [0.2, 0.25) is 0 Å². The van der Waals surface area contributed by atoms with Crippen LogP contribution in [0.1, 0.15) is 247 Å². The molecule has 0 aromatic carbocycles. The number of amides is 2. The van der Waals surface area contributed by atoms with Gasteiger partial charge in [0.1, 0.15) is 0 Å². The van der Waals surface area contributed by atoms with Crippen molar-refractivity contribution in [2.24, 2.45) is 0 Å². The Balaban J connectivity index is 3.32. The second-order valence-corrected chi connectivity index (χ2v) is 21.2. The Kier molecular flexibility index (Phi) is 44.8. The topological polar surface area (TPSA) is 58.2 Å². The van der Waals surface area contributed by atoms with E-state index in [1.807, 2.05) is 21.6 Å². The molecule has 8 heteroatoms. The third kappa shape index (κ3) is 37.0. The molecular weight excluding hydrogens is 777 g/mol. The first-order valence-electron chi connectivity index (χ1n) is 26.8. The van der Waals surface area contributed by atoms with E-state index in [9.17, 15) is 9.59 Å². The van der Waals surface area contributed by atoms with Crippen LogP contribution in [-0.2, 0) is 9.59 Å². The van der Waals surface area contributed by atoms with Gasteiger partial charge in [0.05, 0.1) is 52.4 Å². The van der Waals surface area contributed by atoms with E-state index in [4.69, 9.17) is 0 Å². The lowest BCUT2D eigenvalue weighted by Crippen LogP contribution is -2.48. The summed E-state index contributed by atoms with van der Waals surface area (Å²) >= 11 is 0. The molecule has 0 atom stereocenters. The monoisotopic (exact) mass is 885 g/mol. The maximum Gasteiger partial charge on any atom is 0.219 e. The number of hydrogen-bond donors (Lipinski definition) is 2. The number of rotatable bonds is 49. The second-order valence-electron chi connectivity index (χ2n) is 18.5. The minimum Gasteiger partial charge on any atom is -0.356 e. The van der Waals surface area contributed by atoms with Crippen LogP contribution in [0.5, 0.6) is 0 Å². The molecule has 6 nitrogen and oxygen atoms in total. The Morgan fingerprint density at radius 1 is 0.317 bits per heavy atom. The van der Waals surface area contributed by atoms with Gasteiger partial charge in [-0.25, -0.2) is 0 Å². The molecule has 0 heterocycles. The molecule has 2 N–H and O–H groups in total. The molecule has 0 aliphatic rings. The zero-order chi connectivity index (χ0) is 44.1. The molecule has 0 bridgehead atoms. The average Bonchev–Trinajstić information content (AvgIpc) is 3.27. The van der Waals surface area contributed by atoms with Crippen LogP contribution in [0.4, 0.5) is 0 Å². The highest BCUT2D eigenvalue weighted by Gasteiger charge is 2.20. The molecular formula is C52H108N4O2S2+2. The molecule has 0 radical (unpaired) electrons. The second kappa shape index (κ2) is 45.1. The highest BCUT2D eigenvalue weighted by Crippen LogP contribution is 2.23. The van der Waals surface area contributed by atoms with Gasteiger partial charge in [0.15, 0.2) is 0 Å². The summed E-state index contributed by atoms with van der Waals surface area (Å²) in [5, 5.41) is 6.26. The van der Waals surface area contributed by atoms with Gasteiger partial charge in [0, 0.05) is 37.4 Å². The third-order valence-electron chi connectivity index (χ3n) is 14.1. The van der Waals surface area contributed by atoms with Crippen LogP contribution in [0.3, 0.4) is 0 Å². The standard InChI is InChI=1S/C52H106N4O2S2/c1-7-55(8-2,9-3)47-39-33-29-25-21-17-13-15-19-23-27-31-35-43-51(57)53-45-37-41-49-59-60-50-42-38-46-54-52(58)44-36-32-28-24-20-16-14-18-22-26-30-34-40-48-56(10-4,11-5)12-6/h7-50H2,1-6H3/p+2. The van der Waals surface area contributed by atoms with Crippen molar-refractivity contribution >= 4 is 33.4 Å². The molecule has 0 rings (SSSR count). The Labute approximate surface area is 384 Å². The summed E-state index contributed by atoms with van der Waals surface area (Å²) in [6, 6.07) is 0. The molecule has 0 aliphatic heterocycles. The molecule has 60 heavy (non-hydrogen) atoms. The van der Waals surface area contributed by atoms with Crippen molar-refractivity contribution in [3.8, 4) is 0 Å². The van der Waals surface area contributed by atoms with Gasteiger partial charge in [0.2, 0.25) is 11.8 Å². The normalized spacial score (nSPS) is 12.0. The summed E-state index contributed by atoms with van der Waals surface area (Å²) in [4.78, 5) is 24.4. The van der Waals surface area contributed by atoms with E-state index in [1.54, 1.807) is 0 Å². The van der Waals surface area contributed by atoms with Crippen LogP contribution < -0.4 is 10.6 Å². The molecule has 2 amide bonds. The van der Waals surface area contributed by atoms with Crippen molar-refractivity contribution in [1.82, 2.24) is 10.6 Å². The first-order chi connectivity index (χ1) is 29.4. The fourth-order valence-electron chi connectivity index (χ4n) is 8.97. The van der Waals surface area contributed by atoms with Crippen LogP contribution >= 0.6 is 21.6 Å². The molecule has 0 aliphatic carbocycles. The molecule has 0 saturated heterocycles. The summed E-state index contributed by atoms with van der Waals surface area (Å²) in [6.07, 6.45) is 40.9. The number of hydrogen-bond acceptors (Lipinski definition) is 4. The van der Waals surface area contributed by atoms with Crippen molar-refractivity contribution in [1.29, 1.82) is 0 Å². The number of unbranched alkanes of at least 4 members (excludes halogenated alkanes) is 26. The first-order valence-corrected chi connectivity index (χ1v) is 29.3. The van der Waals surface area contributed by atoms with E-state index in [0.717, 1.165) is 63.1 Å². The maximum absolute atomic E-state index is 12.2. The lowest BCUT2D eigenvalue weighted by Gasteiger charge is -2.35. The van der Waals surface area contributed by atoms with Gasteiger partial charge in [0.25, 0.3) is 0 Å². The summed E-state index contributed by atoms with van der Waals surface area (Å²) in [6.45, 7) is 26.2. The van der Waals surface area contributed by atoms with Gasteiger partial charge in [-0.15, -0.1) is 0 Å². The quantitative estimate of drug-likeness (QED) is 0.0363. The Morgan fingerprint density at radius 3 is 0.800 bits per heavy atom. The fraction of sp³-hybridized carbons (Fsp3) is 0.962. The van der Waals surface area contributed by atoms with Crippen molar-refractivity contribution in [2.75, 3.05) is 77.0 Å². The highest BCUT2D eigenvalue weighted by molar-refractivity contribution is 8.76. The molecule has 0 fully saturated rings. The SMILES string of the molecule is CC[N+](CC)(CC)CCCCCCCCCCCCCCCC(=O)NCCCCSSCCCCNC(=O)CCCCCCCCCCCCCCC[N+](CC)(CC)CC. The van der Waals surface area contributed by atoms with E-state index in [0.29, 0.717) is 12.8 Å². The van der Waals surface area contributed by atoms with Crippen molar-refractivity contribution < 1.29 is 18.6 Å². The largest absolute Gasteiger partial charge is 0.356 e. The molecule has 0 saturated carbocycles. The van der Waals surface area contributed by atoms with Gasteiger partial charge >= 0.3 is 0 Å². The van der Waals surface area contributed by atoms with Crippen molar-refractivity contribution in [2.45, 2.75) is 247 Å². The zero-order valence-electron chi connectivity index (χ0n) is 41.6. The minimum absolute atomic E-state index is 0.239. The summed E-state index contributed by atoms with van der Waals surface area (Å²) in [5.74, 6) is 2.77. The Bertz CT molecular complexity index is 826. The van der Waals surface area contributed by atoms with Crippen LogP contribution in [0.15, 0.2) is 0 Å².